The summed E-state index contributed by atoms with van der Waals surface area (Å²) in [5, 5.41) is 10.9. The molecule has 15 heteroatoms. The fourth-order valence-electron chi connectivity index (χ4n) is 4.17. The second-order valence-electron chi connectivity index (χ2n) is 9.62. The number of ether oxygens (including phenoxy) is 1. The molecule has 9 nitrogen and oxygen atoms in total. The van der Waals surface area contributed by atoms with Gasteiger partial charge < -0.3 is 14.4 Å². The molecule has 0 saturated heterocycles. The van der Waals surface area contributed by atoms with Crippen molar-refractivity contribution in [3.05, 3.63) is 99.9 Å². The Morgan fingerprint density at radius 1 is 1.04 bits per heavy atom. The summed E-state index contributed by atoms with van der Waals surface area (Å²) in [7, 11) is -2.84. The Morgan fingerprint density at radius 3 is 2.38 bits per heavy atom. The first-order valence-electron chi connectivity index (χ1n) is 13.3. The number of aromatic nitrogens is 2. The zero-order valence-corrected chi connectivity index (χ0v) is 25.6. The summed E-state index contributed by atoms with van der Waals surface area (Å²) in [6, 6.07) is 18.5. The second-order valence-corrected chi connectivity index (χ2v) is 11.1. The van der Waals surface area contributed by atoms with Crippen LogP contribution in [0.15, 0.2) is 77.4 Å². The van der Waals surface area contributed by atoms with Crippen LogP contribution in [0.4, 0.5) is 18.9 Å². The molecule has 45 heavy (non-hydrogen) atoms. The molecule has 1 heterocycles. The zero-order valence-electron chi connectivity index (χ0n) is 23.3. The number of anilines is 1. The van der Waals surface area contributed by atoms with Crippen LogP contribution in [0.1, 0.15) is 29.8 Å². The van der Waals surface area contributed by atoms with Crippen molar-refractivity contribution in [2.45, 2.75) is 25.6 Å². The van der Waals surface area contributed by atoms with Crippen LogP contribution in [-0.4, -0.2) is 48.4 Å². The predicted molar refractivity (Wildman–Crippen MR) is 166 cm³/mol. The lowest BCUT2D eigenvalue weighted by Crippen LogP contribution is -2.24. The van der Waals surface area contributed by atoms with Gasteiger partial charge in [-0.25, -0.2) is 9.99 Å². The number of hydrogen-bond donors (Lipinski definition) is 1. The van der Waals surface area contributed by atoms with Gasteiger partial charge in [0.05, 0.1) is 23.0 Å². The van der Waals surface area contributed by atoms with E-state index in [1.54, 1.807) is 72.8 Å². The van der Waals surface area contributed by atoms with Crippen molar-refractivity contribution in [3.63, 3.8) is 0 Å². The largest absolute Gasteiger partial charge is 0.494 e. The molecule has 0 unspecified atom stereocenters. The van der Waals surface area contributed by atoms with Gasteiger partial charge in [-0.2, -0.15) is 21.6 Å². The monoisotopic (exact) mass is 680 g/mol. The number of carboxylic acid groups (broad SMARTS) is 1. The lowest BCUT2D eigenvalue weighted by molar-refractivity contribution is -0.137. The minimum absolute atomic E-state index is 0.0480. The topological polar surface area (TPSA) is 114 Å². The van der Waals surface area contributed by atoms with E-state index in [4.69, 9.17) is 38.0 Å². The van der Waals surface area contributed by atoms with Crippen LogP contribution in [0.25, 0.3) is 23.4 Å². The van der Waals surface area contributed by atoms with Gasteiger partial charge >= 0.3 is 22.6 Å². The predicted octanol–water partition coefficient (Wildman–Crippen LogP) is 7.67. The van der Waals surface area contributed by atoms with Gasteiger partial charge in [0.25, 0.3) is 0 Å². The van der Waals surface area contributed by atoms with E-state index in [0.717, 1.165) is 16.1 Å². The fourth-order valence-corrected chi connectivity index (χ4v) is 4.99. The van der Waals surface area contributed by atoms with Crippen molar-refractivity contribution >= 4 is 57.5 Å². The highest BCUT2D eigenvalue weighted by atomic mass is 35.5. The molecule has 236 valence electrons. The minimum Gasteiger partial charge on any atom is -0.494 e. The lowest BCUT2D eigenvalue weighted by atomic mass is 10.1. The number of rotatable bonds is 13. The molecule has 0 bridgehead atoms. The standard InChI is InChI=1S/C30H25Cl2F3N4O5S/c31-22-7-12-25(26(32)16-22)27-18-38(17-21-2-8-23(9-3-21)39(19-29(40)41)37-45(42)43)28(36-27)13-6-20-4-10-24(11-5-20)44-15-1-14-30(33,34)35/h2-13,16,18H,1,14-15,17,19H2,(H,40,41)/b13-6+. The van der Waals surface area contributed by atoms with Crippen LogP contribution in [0.5, 0.6) is 5.75 Å². The molecule has 0 amide bonds. The van der Waals surface area contributed by atoms with E-state index in [1.807, 2.05) is 16.8 Å². The summed E-state index contributed by atoms with van der Waals surface area (Å²) in [6.07, 6.45) is 0.165. The van der Waals surface area contributed by atoms with Gasteiger partial charge in [-0.05, 0) is 66.1 Å². The Hall–Kier alpha value is -4.33. The van der Waals surface area contributed by atoms with Gasteiger partial charge in [0, 0.05) is 29.7 Å². The van der Waals surface area contributed by atoms with Gasteiger partial charge in [-0.3, -0.25) is 4.79 Å². The molecule has 0 saturated carbocycles. The Bertz CT molecular complexity index is 1800. The Labute approximate surface area is 267 Å². The van der Waals surface area contributed by atoms with Crippen molar-refractivity contribution in [1.29, 1.82) is 0 Å². The lowest BCUT2D eigenvalue weighted by Gasteiger charge is -2.15. The molecule has 0 aliphatic carbocycles. The molecule has 4 rings (SSSR count). The van der Waals surface area contributed by atoms with Crippen LogP contribution in [0, 0.1) is 0 Å². The number of benzene rings is 3. The maximum Gasteiger partial charge on any atom is 0.389 e. The van der Waals surface area contributed by atoms with Gasteiger partial charge in [-0.15, -0.1) is 0 Å². The third-order valence-corrected chi connectivity index (χ3v) is 7.11. The Balaban J connectivity index is 1.57. The minimum atomic E-state index is -4.22. The summed E-state index contributed by atoms with van der Waals surface area (Å²) in [6.45, 7) is -0.347. The molecule has 0 fully saturated rings. The summed E-state index contributed by atoms with van der Waals surface area (Å²) in [4.78, 5) is 15.9. The van der Waals surface area contributed by atoms with E-state index < -0.39 is 35.6 Å². The third kappa shape index (κ3) is 10.4. The molecule has 0 radical (unpaired) electrons. The van der Waals surface area contributed by atoms with E-state index in [9.17, 15) is 26.4 Å². The van der Waals surface area contributed by atoms with Crippen molar-refractivity contribution in [3.8, 4) is 17.0 Å². The van der Waals surface area contributed by atoms with Gasteiger partial charge in [-0.1, -0.05) is 58.0 Å². The average Bonchev–Trinajstić information content (AvgIpc) is 3.36. The van der Waals surface area contributed by atoms with E-state index in [2.05, 4.69) is 4.47 Å². The summed E-state index contributed by atoms with van der Waals surface area (Å²) in [5.74, 6) is -0.230. The van der Waals surface area contributed by atoms with E-state index in [-0.39, 0.29) is 18.7 Å². The highest BCUT2D eigenvalue weighted by Gasteiger charge is 2.26. The molecule has 0 spiro atoms. The quantitative estimate of drug-likeness (QED) is 0.114. The summed E-state index contributed by atoms with van der Waals surface area (Å²) < 4.78 is 69.7. The molecular weight excluding hydrogens is 656 g/mol. The molecule has 1 aromatic heterocycles. The second kappa shape index (κ2) is 15.1. The first kappa shape index (κ1) is 33.6. The van der Waals surface area contributed by atoms with Crippen molar-refractivity contribution in [2.24, 2.45) is 4.47 Å². The Kier molecular flexibility index (Phi) is 11.3. The van der Waals surface area contributed by atoms with Crippen LogP contribution in [0.2, 0.25) is 10.0 Å². The van der Waals surface area contributed by atoms with E-state index >= 15 is 0 Å². The van der Waals surface area contributed by atoms with Crippen molar-refractivity contribution in [1.82, 2.24) is 9.55 Å². The molecule has 0 atom stereocenters. The number of aliphatic carboxylic acids is 1. The fraction of sp³-hybridized carbons (Fsp3) is 0.200. The highest BCUT2D eigenvalue weighted by molar-refractivity contribution is 7.61. The molecule has 4 aromatic rings. The Morgan fingerprint density at radius 2 is 1.76 bits per heavy atom. The van der Waals surface area contributed by atoms with Gasteiger partial charge in [0.1, 0.15) is 18.1 Å². The highest BCUT2D eigenvalue weighted by Crippen LogP contribution is 2.31. The third-order valence-electron chi connectivity index (χ3n) is 6.23. The number of imidazole rings is 1. The molecule has 3 aromatic carbocycles. The first-order chi connectivity index (χ1) is 21.4. The molecule has 0 aliphatic rings. The number of carboxylic acids is 1. The van der Waals surface area contributed by atoms with E-state index in [1.165, 1.54) is 0 Å². The van der Waals surface area contributed by atoms with Crippen LogP contribution < -0.4 is 9.75 Å². The summed E-state index contributed by atoms with van der Waals surface area (Å²) in [5.41, 5.74) is 3.11. The first-order valence-corrected chi connectivity index (χ1v) is 15.0. The van der Waals surface area contributed by atoms with Crippen LogP contribution in [0.3, 0.4) is 0 Å². The smallest absolute Gasteiger partial charge is 0.389 e. The van der Waals surface area contributed by atoms with Crippen molar-refractivity contribution < 1.29 is 36.2 Å². The maximum absolute atomic E-state index is 12.3. The van der Waals surface area contributed by atoms with Crippen LogP contribution in [-0.2, 0) is 21.8 Å². The number of nitrogens with zero attached hydrogens (tertiary/aromatic N) is 4. The summed E-state index contributed by atoms with van der Waals surface area (Å²) >= 11 is 12.5. The molecular formula is C30H25Cl2F3N4O5S. The molecule has 0 aliphatic heterocycles. The number of carbonyl (C=O) groups is 1. The van der Waals surface area contributed by atoms with Gasteiger partial charge in [0.15, 0.2) is 0 Å². The maximum atomic E-state index is 12.3. The van der Waals surface area contributed by atoms with E-state index in [0.29, 0.717) is 39.4 Å². The van der Waals surface area contributed by atoms with Crippen LogP contribution >= 0.6 is 23.2 Å². The molecule has 1 N–H and O–H groups in total. The number of halogens is 5. The zero-order chi connectivity index (χ0) is 32.6. The number of alkyl halides is 3. The normalized spacial score (nSPS) is 11.5. The SMILES string of the molecule is O=C(O)CN(N=S(=O)=O)c1ccc(Cn2cc(-c3ccc(Cl)cc3Cl)nc2/C=C/c2ccc(OCCCC(F)(F)F)cc2)cc1. The average molecular weight is 682 g/mol. The van der Waals surface area contributed by atoms with Gasteiger partial charge in [0.2, 0.25) is 0 Å². The van der Waals surface area contributed by atoms with Crippen molar-refractivity contribution in [2.75, 3.05) is 18.2 Å². The number of hydrogen-bond acceptors (Lipinski definition) is 6.